The van der Waals surface area contributed by atoms with Gasteiger partial charge in [-0.1, -0.05) is 19.9 Å². The number of halogens is 4. The van der Waals surface area contributed by atoms with Gasteiger partial charge in [0.1, 0.15) is 29.4 Å². The standard InChI is InChI=1S/C25H32F4N6O2/c1-6-16-12-35(22-21-23(33(5)24(37)31-22)32(4)20(13-36)30-21)17(7-2)11-34(16)14(3)18-9-8-15(26)10-19(18)25(27,28)29/h8-10,14,16-17,36H,6-7,11-13H2,1-5H3/t14?,16-,17+/m1/s1. The lowest BCUT2D eigenvalue weighted by Crippen LogP contribution is -2.59. The lowest BCUT2D eigenvalue weighted by atomic mass is 9.94. The van der Waals surface area contributed by atoms with Gasteiger partial charge in [0.05, 0.1) is 5.56 Å². The average Bonchev–Trinajstić information content (AvgIpc) is 3.20. The van der Waals surface area contributed by atoms with Gasteiger partial charge in [0.25, 0.3) is 0 Å². The van der Waals surface area contributed by atoms with Crippen LogP contribution in [0, 0.1) is 5.82 Å². The Hall–Kier alpha value is -2.99. The molecule has 0 amide bonds. The summed E-state index contributed by atoms with van der Waals surface area (Å²) in [6.45, 7) is 6.18. The van der Waals surface area contributed by atoms with E-state index in [0.29, 0.717) is 54.8 Å². The minimum Gasteiger partial charge on any atom is -0.388 e. The van der Waals surface area contributed by atoms with E-state index in [1.54, 1.807) is 25.6 Å². The minimum absolute atomic E-state index is 0.0297. The number of aliphatic hydroxyl groups is 1. The van der Waals surface area contributed by atoms with Crippen molar-refractivity contribution in [2.24, 2.45) is 14.1 Å². The number of hydrogen-bond acceptors (Lipinski definition) is 6. The first kappa shape index (κ1) is 27.1. The van der Waals surface area contributed by atoms with E-state index >= 15 is 0 Å². The van der Waals surface area contributed by atoms with Gasteiger partial charge < -0.3 is 14.6 Å². The summed E-state index contributed by atoms with van der Waals surface area (Å²) < 4.78 is 58.1. The van der Waals surface area contributed by atoms with E-state index < -0.39 is 29.3 Å². The number of rotatable bonds is 6. The normalized spacial score (nSPS) is 20.1. The number of benzene rings is 1. The monoisotopic (exact) mass is 524 g/mol. The highest BCUT2D eigenvalue weighted by Crippen LogP contribution is 2.39. The molecule has 1 N–H and O–H groups in total. The predicted molar refractivity (Wildman–Crippen MR) is 132 cm³/mol. The molecule has 12 heteroatoms. The molecule has 3 atom stereocenters. The summed E-state index contributed by atoms with van der Waals surface area (Å²) in [4.78, 5) is 25.7. The van der Waals surface area contributed by atoms with Gasteiger partial charge in [0.15, 0.2) is 5.82 Å². The molecule has 1 aromatic carbocycles. The lowest BCUT2D eigenvalue weighted by Gasteiger charge is -2.49. The summed E-state index contributed by atoms with van der Waals surface area (Å²) in [5, 5.41) is 9.75. The van der Waals surface area contributed by atoms with Gasteiger partial charge in [-0.15, -0.1) is 0 Å². The van der Waals surface area contributed by atoms with Gasteiger partial charge >= 0.3 is 11.9 Å². The molecule has 0 radical (unpaired) electrons. The molecule has 1 aliphatic heterocycles. The lowest BCUT2D eigenvalue weighted by molar-refractivity contribution is -0.139. The average molecular weight is 525 g/mol. The molecule has 1 unspecified atom stereocenters. The van der Waals surface area contributed by atoms with Crippen LogP contribution < -0.4 is 10.6 Å². The number of piperazine rings is 1. The van der Waals surface area contributed by atoms with Gasteiger partial charge in [-0.3, -0.25) is 9.47 Å². The van der Waals surface area contributed by atoms with Crippen molar-refractivity contribution in [2.75, 3.05) is 18.0 Å². The fraction of sp³-hybridized carbons (Fsp3) is 0.560. The molecule has 1 aliphatic rings. The van der Waals surface area contributed by atoms with Gasteiger partial charge in [0, 0.05) is 45.3 Å². The van der Waals surface area contributed by atoms with E-state index in [1.165, 1.54) is 10.6 Å². The van der Waals surface area contributed by atoms with Gasteiger partial charge in [-0.2, -0.15) is 18.2 Å². The van der Waals surface area contributed by atoms with Crippen molar-refractivity contribution in [3.8, 4) is 0 Å². The summed E-state index contributed by atoms with van der Waals surface area (Å²) in [5.74, 6) is -0.128. The second kappa shape index (κ2) is 10.1. The molecule has 1 fully saturated rings. The molecule has 37 heavy (non-hydrogen) atoms. The van der Waals surface area contributed by atoms with E-state index in [9.17, 15) is 27.5 Å². The number of aliphatic hydroxyl groups excluding tert-OH is 1. The first-order valence-electron chi connectivity index (χ1n) is 12.3. The SMILES string of the molecule is CC[C@H]1CN(C(C)c2ccc(F)cc2C(F)(F)F)[C@H](CC)CN1c1nc(=O)n(C)c2c1nc(CO)n2C. The van der Waals surface area contributed by atoms with Crippen molar-refractivity contribution in [2.45, 2.75) is 64.5 Å². The maximum Gasteiger partial charge on any atom is 0.416 e. The zero-order valence-corrected chi connectivity index (χ0v) is 21.6. The van der Waals surface area contributed by atoms with Gasteiger partial charge in [-0.25, -0.2) is 14.2 Å². The highest BCUT2D eigenvalue weighted by molar-refractivity contribution is 5.84. The molecule has 3 heterocycles. The van der Waals surface area contributed by atoms with E-state index in [2.05, 4.69) is 9.97 Å². The van der Waals surface area contributed by atoms with E-state index in [0.717, 1.165) is 6.07 Å². The van der Waals surface area contributed by atoms with E-state index in [4.69, 9.17) is 0 Å². The Labute approximate surface area is 212 Å². The van der Waals surface area contributed by atoms with Crippen LogP contribution in [0.25, 0.3) is 11.2 Å². The van der Waals surface area contributed by atoms with Crippen molar-refractivity contribution < 1.29 is 22.7 Å². The summed E-state index contributed by atoms with van der Waals surface area (Å²) in [6, 6.07) is 1.90. The Morgan fingerprint density at radius 3 is 2.35 bits per heavy atom. The Balaban J connectivity index is 1.77. The van der Waals surface area contributed by atoms with Crippen molar-refractivity contribution in [3.05, 3.63) is 51.5 Å². The molecular weight excluding hydrogens is 492 g/mol. The third kappa shape index (κ3) is 4.72. The highest BCUT2D eigenvalue weighted by Gasteiger charge is 2.40. The quantitative estimate of drug-likeness (QED) is 0.495. The second-order valence-corrected chi connectivity index (χ2v) is 9.57. The summed E-state index contributed by atoms with van der Waals surface area (Å²) in [6.07, 6.45) is -3.40. The molecule has 1 saturated heterocycles. The van der Waals surface area contributed by atoms with Gasteiger partial charge in [-0.05, 0) is 37.5 Å². The van der Waals surface area contributed by atoms with Crippen molar-refractivity contribution in [1.82, 2.24) is 24.0 Å². The molecule has 3 aromatic rings. The number of fused-ring (bicyclic) bond motifs is 1. The van der Waals surface area contributed by atoms with Crippen molar-refractivity contribution in [3.63, 3.8) is 0 Å². The zero-order chi connectivity index (χ0) is 27.2. The number of hydrogen-bond donors (Lipinski definition) is 1. The number of nitrogens with zero attached hydrogens (tertiary/aromatic N) is 6. The molecule has 8 nitrogen and oxygen atoms in total. The molecule has 0 aliphatic carbocycles. The van der Waals surface area contributed by atoms with E-state index in [1.807, 2.05) is 23.6 Å². The van der Waals surface area contributed by atoms with Crippen LogP contribution in [0.2, 0.25) is 0 Å². The number of aromatic nitrogens is 4. The number of imidazole rings is 1. The van der Waals surface area contributed by atoms with Crippen LogP contribution in [0.4, 0.5) is 23.4 Å². The first-order chi connectivity index (χ1) is 17.4. The van der Waals surface area contributed by atoms with Crippen LogP contribution in [0.15, 0.2) is 23.0 Å². The molecule has 2 aromatic heterocycles. The Bertz CT molecular complexity index is 1350. The second-order valence-electron chi connectivity index (χ2n) is 9.57. The van der Waals surface area contributed by atoms with Crippen LogP contribution >= 0.6 is 0 Å². The Morgan fingerprint density at radius 2 is 1.76 bits per heavy atom. The molecular formula is C25H32F4N6O2. The molecule has 4 rings (SSSR count). The third-order valence-corrected chi connectivity index (χ3v) is 7.54. The van der Waals surface area contributed by atoms with Crippen molar-refractivity contribution in [1.29, 1.82) is 0 Å². The Morgan fingerprint density at radius 1 is 1.08 bits per heavy atom. The molecule has 0 saturated carbocycles. The largest absolute Gasteiger partial charge is 0.416 e. The van der Waals surface area contributed by atoms with E-state index in [-0.39, 0.29) is 24.3 Å². The summed E-state index contributed by atoms with van der Waals surface area (Å²) in [7, 11) is 3.31. The molecule has 0 spiro atoms. The summed E-state index contributed by atoms with van der Waals surface area (Å²) >= 11 is 0. The van der Waals surface area contributed by atoms with Gasteiger partial charge in [0.2, 0.25) is 0 Å². The van der Waals surface area contributed by atoms with Crippen LogP contribution in [0.5, 0.6) is 0 Å². The number of alkyl halides is 3. The fourth-order valence-corrected chi connectivity index (χ4v) is 5.46. The highest BCUT2D eigenvalue weighted by atomic mass is 19.4. The number of aryl methyl sites for hydroxylation is 2. The number of anilines is 1. The van der Waals surface area contributed by atoms with Crippen LogP contribution in [0.1, 0.15) is 56.6 Å². The Kier molecular flexibility index (Phi) is 7.35. The minimum atomic E-state index is -4.68. The van der Waals surface area contributed by atoms with Crippen molar-refractivity contribution >= 4 is 17.0 Å². The zero-order valence-electron chi connectivity index (χ0n) is 21.6. The topological polar surface area (TPSA) is 79.4 Å². The molecule has 202 valence electrons. The maximum atomic E-state index is 13.8. The summed E-state index contributed by atoms with van der Waals surface area (Å²) in [5.41, 5.74) is -0.387. The fourth-order valence-electron chi connectivity index (χ4n) is 5.46. The maximum absolute atomic E-state index is 13.8. The van der Waals surface area contributed by atoms with Crippen LogP contribution in [0.3, 0.4) is 0 Å². The smallest absolute Gasteiger partial charge is 0.388 e. The predicted octanol–water partition coefficient (Wildman–Crippen LogP) is 3.76. The van der Waals surface area contributed by atoms with Crippen LogP contribution in [-0.4, -0.2) is 54.3 Å². The third-order valence-electron chi connectivity index (χ3n) is 7.54. The first-order valence-corrected chi connectivity index (χ1v) is 12.3. The molecule has 0 bridgehead atoms. The van der Waals surface area contributed by atoms with Crippen LogP contribution in [-0.2, 0) is 26.9 Å².